The fourth-order valence-corrected chi connectivity index (χ4v) is 1.65. The molecule has 0 spiro atoms. The minimum absolute atomic E-state index is 0.289. The van der Waals surface area contributed by atoms with Crippen LogP contribution in [0.5, 0.6) is 0 Å². The van der Waals surface area contributed by atoms with Crippen molar-refractivity contribution < 1.29 is 4.39 Å². The van der Waals surface area contributed by atoms with E-state index in [9.17, 15) is 9.18 Å². The van der Waals surface area contributed by atoms with Gasteiger partial charge in [0.2, 0.25) is 5.65 Å². The lowest BCUT2D eigenvalue weighted by Crippen LogP contribution is -2.20. The average molecular weight is 230 g/mol. The first-order valence-electron chi connectivity index (χ1n) is 4.91. The molecule has 0 saturated heterocycles. The number of aromatic nitrogens is 4. The molecule has 84 valence electrons. The van der Waals surface area contributed by atoms with Gasteiger partial charge in [-0.15, -0.1) is 0 Å². The highest BCUT2D eigenvalue weighted by atomic mass is 19.1. The van der Waals surface area contributed by atoms with Crippen LogP contribution in [0.1, 0.15) is 0 Å². The summed E-state index contributed by atoms with van der Waals surface area (Å²) < 4.78 is 15.9. The maximum Gasteiger partial charge on any atom is 0.298 e. The van der Waals surface area contributed by atoms with Crippen molar-refractivity contribution in [2.75, 3.05) is 0 Å². The van der Waals surface area contributed by atoms with Crippen molar-refractivity contribution in [3.05, 3.63) is 59.4 Å². The number of hydrogen-bond donors (Lipinski definition) is 0. The Morgan fingerprint density at radius 3 is 2.88 bits per heavy atom. The third-order valence-corrected chi connectivity index (χ3v) is 2.42. The van der Waals surface area contributed by atoms with Crippen molar-refractivity contribution >= 4 is 5.65 Å². The van der Waals surface area contributed by atoms with Gasteiger partial charge in [-0.3, -0.25) is 14.3 Å². The number of imidazole rings is 1. The van der Waals surface area contributed by atoms with Crippen LogP contribution >= 0.6 is 0 Å². The molecule has 0 unspecified atom stereocenters. The lowest BCUT2D eigenvalue weighted by atomic mass is 10.4. The summed E-state index contributed by atoms with van der Waals surface area (Å²) in [5.74, 6) is -0.488. The highest BCUT2D eigenvalue weighted by molar-refractivity contribution is 5.39. The van der Waals surface area contributed by atoms with E-state index in [-0.39, 0.29) is 11.2 Å². The van der Waals surface area contributed by atoms with Gasteiger partial charge in [-0.25, -0.2) is 9.37 Å². The lowest BCUT2D eigenvalue weighted by Gasteiger charge is -2.04. The summed E-state index contributed by atoms with van der Waals surface area (Å²) >= 11 is 0. The molecule has 3 heterocycles. The Morgan fingerprint density at radius 2 is 2.06 bits per heavy atom. The normalized spacial score (nSPS) is 10.9. The zero-order chi connectivity index (χ0) is 11.8. The molecule has 0 atom stereocenters. The van der Waals surface area contributed by atoms with E-state index in [1.165, 1.54) is 23.0 Å². The fraction of sp³-hybridized carbons (Fsp3) is 0. The van der Waals surface area contributed by atoms with Gasteiger partial charge in [0.05, 0.1) is 18.1 Å². The molecule has 0 fully saturated rings. The predicted octanol–water partition coefficient (Wildman–Crippen LogP) is 1.02. The van der Waals surface area contributed by atoms with Crippen LogP contribution in [-0.4, -0.2) is 18.9 Å². The molecule has 0 aromatic carbocycles. The molecule has 5 nitrogen and oxygen atoms in total. The van der Waals surface area contributed by atoms with E-state index in [4.69, 9.17) is 0 Å². The maximum absolute atomic E-state index is 13.0. The quantitative estimate of drug-likeness (QED) is 0.627. The minimum atomic E-state index is -0.488. The van der Waals surface area contributed by atoms with Gasteiger partial charge in [0.15, 0.2) is 0 Å². The van der Waals surface area contributed by atoms with E-state index >= 15 is 0 Å². The molecule has 3 aromatic rings. The summed E-state index contributed by atoms with van der Waals surface area (Å²) in [6.45, 7) is 0. The second-order valence-corrected chi connectivity index (χ2v) is 3.49. The van der Waals surface area contributed by atoms with E-state index in [2.05, 4.69) is 9.97 Å². The van der Waals surface area contributed by atoms with Crippen LogP contribution in [-0.2, 0) is 0 Å². The van der Waals surface area contributed by atoms with Crippen LogP contribution in [0.3, 0.4) is 0 Å². The molecule has 0 saturated carbocycles. The highest BCUT2D eigenvalue weighted by Gasteiger charge is 2.06. The molecule has 0 aliphatic carbocycles. The Hall–Kier alpha value is -2.50. The van der Waals surface area contributed by atoms with Crippen molar-refractivity contribution in [2.24, 2.45) is 0 Å². The van der Waals surface area contributed by atoms with Crippen LogP contribution in [0.15, 0.2) is 48.0 Å². The number of nitrogens with zero attached hydrogens (tertiary/aromatic N) is 4. The monoisotopic (exact) mass is 230 g/mol. The molecule has 0 aliphatic heterocycles. The molecule has 0 N–H and O–H groups in total. The van der Waals surface area contributed by atoms with E-state index in [0.29, 0.717) is 5.69 Å². The van der Waals surface area contributed by atoms with Gasteiger partial charge < -0.3 is 4.40 Å². The number of pyridine rings is 1. The van der Waals surface area contributed by atoms with Gasteiger partial charge in [-0.2, -0.15) is 0 Å². The summed E-state index contributed by atoms with van der Waals surface area (Å²) in [4.78, 5) is 19.7. The highest BCUT2D eigenvalue weighted by Crippen LogP contribution is 2.05. The first-order valence-corrected chi connectivity index (χ1v) is 4.91. The fourth-order valence-electron chi connectivity index (χ4n) is 1.65. The molecule has 3 aromatic heterocycles. The minimum Gasteiger partial charge on any atom is -0.301 e. The average Bonchev–Trinajstić information content (AvgIpc) is 2.78. The van der Waals surface area contributed by atoms with Gasteiger partial charge >= 0.3 is 0 Å². The smallest absolute Gasteiger partial charge is 0.298 e. The van der Waals surface area contributed by atoms with E-state index in [1.807, 2.05) is 0 Å². The molecule has 3 rings (SSSR count). The third kappa shape index (κ3) is 1.50. The van der Waals surface area contributed by atoms with Crippen LogP contribution in [0.4, 0.5) is 4.39 Å². The van der Waals surface area contributed by atoms with Crippen LogP contribution in [0.2, 0.25) is 0 Å². The summed E-state index contributed by atoms with van der Waals surface area (Å²) in [7, 11) is 0. The summed E-state index contributed by atoms with van der Waals surface area (Å²) in [5.41, 5.74) is 0.349. The Bertz CT molecular complexity index is 746. The van der Waals surface area contributed by atoms with Crippen molar-refractivity contribution in [3.63, 3.8) is 0 Å². The number of rotatable bonds is 1. The van der Waals surface area contributed by atoms with Gasteiger partial charge in [0.25, 0.3) is 5.56 Å². The summed E-state index contributed by atoms with van der Waals surface area (Å²) in [6, 6.07) is 1.24. The molecular weight excluding hydrogens is 223 g/mol. The van der Waals surface area contributed by atoms with E-state index < -0.39 is 5.82 Å². The summed E-state index contributed by atoms with van der Waals surface area (Å²) in [5, 5.41) is 0. The van der Waals surface area contributed by atoms with E-state index in [1.54, 1.807) is 23.0 Å². The first kappa shape index (κ1) is 9.71. The van der Waals surface area contributed by atoms with Crippen LogP contribution in [0.25, 0.3) is 11.3 Å². The van der Waals surface area contributed by atoms with Crippen molar-refractivity contribution in [2.45, 2.75) is 0 Å². The molecular formula is C11H7FN4O. The molecule has 6 heteroatoms. The van der Waals surface area contributed by atoms with Crippen molar-refractivity contribution in [3.8, 4) is 5.69 Å². The standard InChI is InChI=1S/C11H7FN4O/c12-8-5-9(7-13-6-8)16-4-3-15-2-1-14-10(15)11(16)17/h1-7H. The Kier molecular flexibility index (Phi) is 2.01. The molecule has 17 heavy (non-hydrogen) atoms. The Labute approximate surface area is 94.8 Å². The topological polar surface area (TPSA) is 52.2 Å². The largest absolute Gasteiger partial charge is 0.301 e. The molecule has 0 aliphatic rings. The lowest BCUT2D eigenvalue weighted by molar-refractivity contribution is 0.619. The van der Waals surface area contributed by atoms with Gasteiger partial charge in [0.1, 0.15) is 5.82 Å². The maximum atomic E-state index is 13.0. The predicted molar refractivity (Wildman–Crippen MR) is 58.5 cm³/mol. The summed E-state index contributed by atoms with van der Waals surface area (Å²) in [6.07, 6.45) is 8.93. The van der Waals surface area contributed by atoms with Gasteiger partial charge in [0, 0.05) is 30.9 Å². The van der Waals surface area contributed by atoms with Crippen molar-refractivity contribution in [1.82, 2.24) is 18.9 Å². The zero-order valence-corrected chi connectivity index (χ0v) is 8.62. The Balaban J connectivity index is 2.31. The second kappa shape index (κ2) is 3.51. The SMILES string of the molecule is O=c1c2nccn2ccn1-c1cncc(F)c1. The van der Waals surface area contributed by atoms with Gasteiger partial charge in [-0.1, -0.05) is 0 Å². The number of fused-ring (bicyclic) bond motifs is 1. The number of halogens is 1. The zero-order valence-electron chi connectivity index (χ0n) is 8.62. The third-order valence-electron chi connectivity index (χ3n) is 2.42. The molecule has 0 bridgehead atoms. The second-order valence-electron chi connectivity index (χ2n) is 3.49. The first-order chi connectivity index (χ1) is 8.25. The van der Waals surface area contributed by atoms with Crippen LogP contribution in [0, 0.1) is 5.82 Å². The van der Waals surface area contributed by atoms with Crippen LogP contribution < -0.4 is 5.56 Å². The molecule has 0 amide bonds. The van der Waals surface area contributed by atoms with E-state index in [0.717, 1.165) is 6.20 Å². The van der Waals surface area contributed by atoms with Gasteiger partial charge in [-0.05, 0) is 0 Å². The Morgan fingerprint density at radius 1 is 1.18 bits per heavy atom. The molecule has 0 radical (unpaired) electrons. The van der Waals surface area contributed by atoms with Crippen molar-refractivity contribution in [1.29, 1.82) is 0 Å². The number of hydrogen-bond acceptors (Lipinski definition) is 3.